The first kappa shape index (κ1) is 17.0. The first-order valence-corrected chi connectivity index (χ1v) is 6.27. The van der Waals surface area contributed by atoms with Crippen LogP contribution >= 0.6 is 0 Å². The second-order valence-corrected chi connectivity index (χ2v) is 4.20. The van der Waals surface area contributed by atoms with Crippen LogP contribution in [0.1, 0.15) is 22.8 Å². The number of nitrogens with zero attached hydrogens (tertiary/aromatic N) is 1. The smallest absolute Gasteiger partial charge is 0.269 e. The molecule has 22 heavy (non-hydrogen) atoms. The molecule has 0 saturated heterocycles. The van der Waals surface area contributed by atoms with Gasteiger partial charge in [-0.3, -0.25) is 25.1 Å². The minimum Gasteiger partial charge on any atom is -0.295 e. The minimum absolute atomic E-state index is 0.0189. The number of non-ortho nitro benzene ring substituents is 1. The third-order valence-electron chi connectivity index (χ3n) is 2.58. The highest BCUT2D eigenvalue weighted by Gasteiger charge is 2.10. The lowest BCUT2D eigenvalue weighted by Gasteiger charge is -2.00. The summed E-state index contributed by atoms with van der Waals surface area (Å²) in [7, 11) is 0. The highest BCUT2D eigenvalue weighted by molar-refractivity contribution is 6.09. The van der Waals surface area contributed by atoms with Crippen LogP contribution in [0.15, 0.2) is 54.6 Å². The predicted molar refractivity (Wildman–Crippen MR) is 81.0 cm³/mol. The van der Waals surface area contributed by atoms with Crippen molar-refractivity contribution in [3.05, 3.63) is 75.8 Å². The van der Waals surface area contributed by atoms with E-state index in [0.717, 1.165) is 0 Å². The molecule has 0 unspecified atom stereocenters. The molecule has 0 spiro atoms. The molecular formula is C15H15N3O4. The summed E-state index contributed by atoms with van der Waals surface area (Å²) < 4.78 is 0. The van der Waals surface area contributed by atoms with Crippen LogP contribution in [-0.4, -0.2) is 16.6 Å². The normalized spacial score (nSPS) is 9.18. The molecular weight excluding hydrogens is 286 g/mol. The van der Waals surface area contributed by atoms with Crippen LogP contribution in [0.3, 0.4) is 0 Å². The van der Waals surface area contributed by atoms with E-state index in [1.165, 1.54) is 31.2 Å². The first-order chi connectivity index (χ1) is 10.5. The van der Waals surface area contributed by atoms with Crippen molar-refractivity contribution in [2.75, 3.05) is 0 Å². The van der Waals surface area contributed by atoms with Crippen molar-refractivity contribution in [2.45, 2.75) is 6.92 Å². The summed E-state index contributed by atoms with van der Waals surface area (Å²) in [6.07, 6.45) is 0. The van der Waals surface area contributed by atoms with Gasteiger partial charge in [0.15, 0.2) is 5.78 Å². The van der Waals surface area contributed by atoms with Gasteiger partial charge in [-0.25, -0.2) is 5.84 Å². The number of carbonyl (C=O) groups excluding carboxylic acids is 2. The van der Waals surface area contributed by atoms with E-state index < -0.39 is 4.92 Å². The van der Waals surface area contributed by atoms with E-state index in [1.807, 2.05) is 11.5 Å². The lowest BCUT2D eigenvalue weighted by molar-refractivity contribution is -0.384. The number of nitrogens with two attached hydrogens (primary N) is 1. The Kier molecular flexibility index (Phi) is 6.39. The summed E-state index contributed by atoms with van der Waals surface area (Å²) in [5.41, 5.74) is 2.89. The molecule has 0 aliphatic heterocycles. The van der Waals surface area contributed by atoms with Crippen LogP contribution in [-0.2, 0) is 4.79 Å². The van der Waals surface area contributed by atoms with Gasteiger partial charge in [-0.1, -0.05) is 30.3 Å². The summed E-state index contributed by atoms with van der Waals surface area (Å²) in [5.74, 6) is 4.22. The molecule has 0 bridgehead atoms. The molecule has 0 aromatic heterocycles. The van der Waals surface area contributed by atoms with Crippen molar-refractivity contribution in [2.24, 2.45) is 5.84 Å². The monoisotopic (exact) mass is 301 g/mol. The maximum atomic E-state index is 12.0. The van der Waals surface area contributed by atoms with Gasteiger partial charge in [0.05, 0.1) is 4.92 Å². The summed E-state index contributed by atoms with van der Waals surface area (Å²) in [5, 5.41) is 10.5. The number of nitro groups is 1. The van der Waals surface area contributed by atoms with E-state index in [0.29, 0.717) is 11.1 Å². The van der Waals surface area contributed by atoms with Gasteiger partial charge in [0.1, 0.15) is 0 Å². The molecule has 2 rings (SSSR count). The fourth-order valence-electron chi connectivity index (χ4n) is 1.49. The number of hydrazine groups is 1. The van der Waals surface area contributed by atoms with Gasteiger partial charge in [0.2, 0.25) is 5.91 Å². The number of hydrogen-bond donors (Lipinski definition) is 2. The highest BCUT2D eigenvalue weighted by Crippen LogP contribution is 2.15. The molecule has 2 aromatic carbocycles. The summed E-state index contributed by atoms with van der Waals surface area (Å²) in [4.78, 5) is 31.5. The van der Waals surface area contributed by atoms with E-state index >= 15 is 0 Å². The average molecular weight is 301 g/mol. The van der Waals surface area contributed by atoms with Crippen molar-refractivity contribution >= 4 is 17.4 Å². The maximum Gasteiger partial charge on any atom is 0.269 e. The fraction of sp³-hybridized carbons (Fsp3) is 0.0667. The SMILES string of the molecule is CC(=O)NN.O=C(c1ccccc1)c1ccc([N+](=O)[O-])cc1. The minimum atomic E-state index is -0.489. The molecule has 2 aromatic rings. The predicted octanol–water partition coefficient (Wildman–Crippen LogP) is 1.82. The zero-order valence-electron chi connectivity index (χ0n) is 11.9. The van der Waals surface area contributed by atoms with E-state index in [9.17, 15) is 19.7 Å². The molecule has 0 aliphatic carbocycles. The molecule has 0 radical (unpaired) electrons. The maximum absolute atomic E-state index is 12.0. The van der Waals surface area contributed by atoms with E-state index in [-0.39, 0.29) is 17.4 Å². The zero-order chi connectivity index (χ0) is 16.5. The van der Waals surface area contributed by atoms with Crippen molar-refractivity contribution in [1.82, 2.24) is 5.43 Å². The highest BCUT2D eigenvalue weighted by atomic mass is 16.6. The van der Waals surface area contributed by atoms with Crippen LogP contribution in [0.4, 0.5) is 5.69 Å². The van der Waals surface area contributed by atoms with Gasteiger partial charge in [-0.05, 0) is 12.1 Å². The Morgan fingerprint density at radius 1 is 1.00 bits per heavy atom. The van der Waals surface area contributed by atoms with Crippen molar-refractivity contribution in [1.29, 1.82) is 0 Å². The van der Waals surface area contributed by atoms with E-state index in [4.69, 9.17) is 0 Å². The number of nitrogens with one attached hydrogen (secondary N) is 1. The fourth-order valence-corrected chi connectivity index (χ4v) is 1.49. The number of ketones is 1. The molecule has 7 heteroatoms. The molecule has 7 nitrogen and oxygen atoms in total. The molecule has 1 amide bonds. The van der Waals surface area contributed by atoms with E-state index in [2.05, 4.69) is 5.84 Å². The Hall–Kier alpha value is -3.06. The molecule has 3 N–H and O–H groups in total. The van der Waals surface area contributed by atoms with Crippen molar-refractivity contribution in [3.63, 3.8) is 0 Å². The molecule has 114 valence electrons. The van der Waals surface area contributed by atoms with Crippen molar-refractivity contribution < 1.29 is 14.5 Å². The zero-order valence-corrected chi connectivity index (χ0v) is 11.9. The largest absolute Gasteiger partial charge is 0.295 e. The van der Waals surface area contributed by atoms with Crippen LogP contribution in [0.25, 0.3) is 0 Å². The van der Waals surface area contributed by atoms with Crippen molar-refractivity contribution in [3.8, 4) is 0 Å². The van der Waals surface area contributed by atoms with Crippen LogP contribution in [0.2, 0.25) is 0 Å². The van der Waals surface area contributed by atoms with Gasteiger partial charge < -0.3 is 0 Å². The number of hydrogen-bond acceptors (Lipinski definition) is 5. The topological polar surface area (TPSA) is 115 Å². The third-order valence-corrected chi connectivity index (χ3v) is 2.58. The Morgan fingerprint density at radius 2 is 1.45 bits per heavy atom. The lowest BCUT2D eigenvalue weighted by atomic mass is 10.0. The quantitative estimate of drug-likeness (QED) is 0.295. The lowest BCUT2D eigenvalue weighted by Crippen LogP contribution is -2.26. The molecule has 0 aliphatic rings. The molecule has 0 atom stereocenters. The number of amides is 1. The Morgan fingerprint density at radius 3 is 1.86 bits per heavy atom. The van der Waals surface area contributed by atoms with Crippen LogP contribution in [0.5, 0.6) is 0 Å². The summed E-state index contributed by atoms with van der Waals surface area (Å²) >= 11 is 0. The van der Waals surface area contributed by atoms with E-state index in [1.54, 1.807) is 24.3 Å². The van der Waals surface area contributed by atoms with Gasteiger partial charge in [-0.15, -0.1) is 0 Å². The first-order valence-electron chi connectivity index (χ1n) is 6.27. The Labute approximate surface area is 126 Å². The number of benzene rings is 2. The molecule has 0 heterocycles. The van der Waals surface area contributed by atoms with Crippen LogP contribution in [0, 0.1) is 10.1 Å². The third kappa shape index (κ3) is 5.14. The Balaban J connectivity index is 0.000000422. The number of carbonyl (C=O) groups is 2. The second-order valence-electron chi connectivity index (χ2n) is 4.20. The van der Waals surface area contributed by atoms with Gasteiger partial charge in [0, 0.05) is 30.2 Å². The second kappa shape index (κ2) is 8.28. The van der Waals surface area contributed by atoms with Gasteiger partial charge in [-0.2, -0.15) is 0 Å². The number of nitro benzene ring substituents is 1. The Bertz CT molecular complexity index is 654. The summed E-state index contributed by atoms with van der Waals surface area (Å²) in [6.45, 7) is 1.35. The van der Waals surface area contributed by atoms with Gasteiger partial charge in [0.25, 0.3) is 5.69 Å². The van der Waals surface area contributed by atoms with Gasteiger partial charge >= 0.3 is 0 Å². The average Bonchev–Trinajstić information content (AvgIpc) is 2.55. The standard InChI is InChI=1S/C13H9NO3.C2H6N2O/c15-13(10-4-2-1-3-5-10)11-6-8-12(9-7-11)14(16)17;1-2(5)4-3/h1-9H;3H2,1H3,(H,4,5). The number of rotatable bonds is 3. The summed E-state index contributed by atoms with van der Waals surface area (Å²) in [6, 6.07) is 14.4. The van der Waals surface area contributed by atoms with Crippen LogP contribution < -0.4 is 11.3 Å². The molecule has 0 saturated carbocycles. The molecule has 0 fully saturated rings.